The highest BCUT2D eigenvalue weighted by Gasteiger charge is 2.25. The number of H-pyrrole nitrogens is 1. The van der Waals surface area contributed by atoms with E-state index in [1.54, 1.807) is 35.4 Å². The number of nitrogens with zero attached hydrogens (tertiary/aromatic N) is 1. The summed E-state index contributed by atoms with van der Waals surface area (Å²) in [5.41, 5.74) is 4.53. The highest BCUT2D eigenvalue weighted by atomic mass is 35.5. The van der Waals surface area contributed by atoms with Gasteiger partial charge in [-0.25, -0.2) is 4.98 Å². The number of rotatable bonds is 3. The van der Waals surface area contributed by atoms with Crippen molar-refractivity contribution >= 4 is 51.9 Å². The maximum absolute atomic E-state index is 6.52. The average molecular weight is 430 g/mol. The van der Waals surface area contributed by atoms with Gasteiger partial charge in [0.2, 0.25) is 0 Å². The molecule has 0 saturated carbocycles. The Labute approximate surface area is 174 Å². The van der Waals surface area contributed by atoms with Gasteiger partial charge in [-0.15, -0.1) is 23.1 Å². The van der Waals surface area contributed by atoms with E-state index in [2.05, 4.69) is 38.9 Å². The minimum absolute atomic E-state index is 0.279. The molecular weight excluding hydrogens is 417 g/mol. The molecule has 27 heavy (non-hydrogen) atoms. The maximum Gasteiger partial charge on any atom is 0.148 e. The lowest BCUT2D eigenvalue weighted by Crippen LogP contribution is -2.22. The number of aromatic amines is 1. The molecule has 1 aromatic carbocycles. The summed E-state index contributed by atoms with van der Waals surface area (Å²) in [5, 5.41) is 7.06. The number of dihydropyridines is 1. The number of imidazole rings is 1. The molecule has 7 heteroatoms. The zero-order valence-corrected chi connectivity index (χ0v) is 17.0. The van der Waals surface area contributed by atoms with Crippen LogP contribution in [0.2, 0.25) is 10.0 Å². The van der Waals surface area contributed by atoms with Crippen molar-refractivity contribution in [3.63, 3.8) is 0 Å². The molecule has 2 aliphatic rings. The van der Waals surface area contributed by atoms with E-state index in [1.807, 2.05) is 24.5 Å². The molecule has 3 aromatic rings. The second-order valence-electron chi connectivity index (χ2n) is 6.10. The number of allylic oxidation sites excluding steroid dienone is 2. The van der Waals surface area contributed by atoms with E-state index in [-0.39, 0.29) is 5.37 Å². The van der Waals surface area contributed by atoms with Gasteiger partial charge >= 0.3 is 0 Å². The standard InChI is InChI=1S/C20H13Cl2N3S2/c21-11-1-2-12(16(22)9-11)15-10-17(27-18(15)19-23-6-7-24-19)13-3-5-25-20-14(13)4-8-26-20/h1-10,20,25H,(H,23,24). The summed E-state index contributed by atoms with van der Waals surface area (Å²) < 4.78 is 0. The third-order valence-electron chi connectivity index (χ3n) is 4.49. The predicted molar refractivity (Wildman–Crippen MR) is 117 cm³/mol. The highest BCUT2D eigenvalue weighted by molar-refractivity contribution is 8.03. The van der Waals surface area contributed by atoms with Crippen LogP contribution in [0.3, 0.4) is 0 Å². The molecular formula is C20H13Cl2N3S2. The number of nitrogens with one attached hydrogen (secondary N) is 2. The van der Waals surface area contributed by atoms with E-state index in [1.165, 1.54) is 16.0 Å². The second kappa shape index (κ2) is 6.91. The number of thioether (sulfide) groups is 1. The Balaban J connectivity index is 1.72. The number of aromatic nitrogens is 2. The van der Waals surface area contributed by atoms with Crippen LogP contribution in [0.25, 0.3) is 27.4 Å². The van der Waals surface area contributed by atoms with Crippen LogP contribution in [0.4, 0.5) is 0 Å². The van der Waals surface area contributed by atoms with E-state index >= 15 is 0 Å². The first-order valence-corrected chi connectivity index (χ1v) is 10.8. The summed E-state index contributed by atoms with van der Waals surface area (Å²) in [6, 6.07) is 7.81. The van der Waals surface area contributed by atoms with E-state index < -0.39 is 0 Å². The maximum atomic E-state index is 6.52. The Morgan fingerprint density at radius 2 is 2.00 bits per heavy atom. The third-order valence-corrected chi connectivity index (χ3v) is 7.16. The van der Waals surface area contributed by atoms with Crippen molar-refractivity contribution in [3.8, 4) is 21.8 Å². The lowest BCUT2D eigenvalue weighted by molar-refractivity contribution is 0.895. The van der Waals surface area contributed by atoms with Crippen LogP contribution in [-0.2, 0) is 0 Å². The fourth-order valence-electron chi connectivity index (χ4n) is 3.25. The average Bonchev–Trinajstić information content (AvgIpc) is 3.40. The minimum atomic E-state index is 0.279. The quantitative estimate of drug-likeness (QED) is 0.494. The zero-order valence-electron chi connectivity index (χ0n) is 13.9. The van der Waals surface area contributed by atoms with Crippen LogP contribution in [0, 0.1) is 0 Å². The summed E-state index contributed by atoms with van der Waals surface area (Å²) >= 11 is 16.1. The Hall–Kier alpha value is -1.92. The van der Waals surface area contributed by atoms with E-state index in [0.717, 1.165) is 21.8 Å². The predicted octanol–water partition coefficient (Wildman–Crippen LogP) is 6.57. The lowest BCUT2D eigenvalue weighted by Gasteiger charge is -2.19. The number of thiophene rings is 1. The van der Waals surface area contributed by atoms with Gasteiger partial charge in [-0.1, -0.05) is 29.3 Å². The molecule has 2 N–H and O–H groups in total. The van der Waals surface area contributed by atoms with Crippen molar-refractivity contribution in [1.29, 1.82) is 0 Å². The summed E-state index contributed by atoms with van der Waals surface area (Å²) in [7, 11) is 0. The van der Waals surface area contributed by atoms with Crippen molar-refractivity contribution in [3.05, 3.63) is 80.9 Å². The van der Waals surface area contributed by atoms with Crippen LogP contribution < -0.4 is 5.32 Å². The topological polar surface area (TPSA) is 40.7 Å². The first-order valence-electron chi connectivity index (χ1n) is 8.29. The van der Waals surface area contributed by atoms with E-state index in [4.69, 9.17) is 23.2 Å². The van der Waals surface area contributed by atoms with Gasteiger partial charge in [0.05, 0.1) is 4.88 Å². The van der Waals surface area contributed by atoms with Crippen LogP contribution in [0.1, 0.15) is 4.88 Å². The van der Waals surface area contributed by atoms with Crippen LogP contribution in [-0.4, -0.2) is 15.3 Å². The van der Waals surface area contributed by atoms with Crippen molar-refractivity contribution < 1.29 is 0 Å². The second-order valence-corrected chi connectivity index (χ2v) is 9.01. The van der Waals surface area contributed by atoms with Gasteiger partial charge in [-0.3, -0.25) is 0 Å². The zero-order chi connectivity index (χ0) is 18.4. The van der Waals surface area contributed by atoms with Crippen LogP contribution in [0.15, 0.2) is 66.0 Å². The number of fused-ring (bicyclic) bond motifs is 1. The summed E-state index contributed by atoms with van der Waals surface area (Å²) in [4.78, 5) is 9.94. The van der Waals surface area contributed by atoms with Gasteiger partial charge in [0.1, 0.15) is 11.2 Å². The minimum Gasteiger partial charge on any atom is -0.375 e. The molecule has 1 atom stereocenters. The molecule has 0 aliphatic carbocycles. The monoisotopic (exact) mass is 429 g/mol. The normalized spacial score (nSPS) is 18.1. The van der Waals surface area contributed by atoms with Crippen molar-refractivity contribution in [2.24, 2.45) is 0 Å². The van der Waals surface area contributed by atoms with Crippen LogP contribution in [0.5, 0.6) is 0 Å². The summed E-state index contributed by atoms with van der Waals surface area (Å²) in [6.45, 7) is 0. The SMILES string of the molecule is Clc1ccc(-c2cc(C3=C4C=CSC4NC=C3)sc2-c2ncc[nH]2)c(Cl)c1. The van der Waals surface area contributed by atoms with Crippen molar-refractivity contribution in [1.82, 2.24) is 15.3 Å². The summed E-state index contributed by atoms with van der Waals surface area (Å²) in [5.74, 6) is 0.837. The Morgan fingerprint density at radius 1 is 1.07 bits per heavy atom. The molecule has 2 aliphatic heterocycles. The first-order chi connectivity index (χ1) is 13.2. The molecule has 3 nitrogen and oxygen atoms in total. The molecule has 5 rings (SSSR count). The number of benzene rings is 1. The molecule has 0 amide bonds. The van der Waals surface area contributed by atoms with Crippen LogP contribution >= 0.6 is 46.3 Å². The third kappa shape index (κ3) is 3.05. The number of hydrogen-bond acceptors (Lipinski definition) is 4. The van der Waals surface area contributed by atoms with Gasteiger partial charge in [0.15, 0.2) is 0 Å². The van der Waals surface area contributed by atoms with Crippen molar-refractivity contribution in [2.75, 3.05) is 0 Å². The molecule has 1 unspecified atom stereocenters. The number of halogens is 2. The van der Waals surface area contributed by atoms with Gasteiger partial charge in [0, 0.05) is 38.4 Å². The molecule has 0 radical (unpaired) electrons. The van der Waals surface area contributed by atoms with Gasteiger partial charge < -0.3 is 10.3 Å². The fraction of sp³-hybridized carbons (Fsp3) is 0.0500. The first kappa shape index (κ1) is 17.2. The van der Waals surface area contributed by atoms with Gasteiger partial charge in [-0.05, 0) is 53.1 Å². The summed E-state index contributed by atoms with van der Waals surface area (Å²) in [6.07, 6.45) is 9.93. The fourth-order valence-corrected chi connectivity index (χ4v) is 5.83. The molecule has 2 aromatic heterocycles. The van der Waals surface area contributed by atoms with Crippen molar-refractivity contribution in [2.45, 2.75) is 5.37 Å². The molecule has 0 spiro atoms. The number of hydrogen-bond donors (Lipinski definition) is 2. The smallest absolute Gasteiger partial charge is 0.148 e. The lowest BCUT2D eigenvalue weighted by atomic mass is 10.0. The Morgan fingerprint density at radius 3 is 2.81 bits per heavy atom. The largest absolute Gasteiger partial charge is 0.375 e. The molecule has 4 heterocycles. The molecule has 134 valence electrons. The molecule has 0 bridgehead atoms. The molecule has 0 fully saturated rings. The van der Waals surface area contributed by atoms with Gasteiger partial charge in [0.25, 0.3) is 0 Å². The Bertz CT molecular complexity index is 1110. The Kier molecular flexibility index (Phi) is 4.40. The molecule has 0 saturated heterocycles. The van der Waals surface area contributed by atoms with E-state index in [0.29, 0.717) is 10.0 Å². The van der Waals surface area contributed by atoms with E-state index in [9.17, 15) is 0 Å². The van der Waals surface area contributed by atoms with Gasteiger partial charge in [-0.2, -0.15) is 0 Å². The highest BCUT2D eigenvalue weighted by Crippen LogP contribution is 2.46.